The van der Waals surface area contributed by atoms with Gasteiger partial charge in [0.05, 0.1) is 5.75 Å². The topological polar surface area (TPSA) is 57.7 Å². The molecule has 0 bridgehead atoms. The normalized spacial score (nSPS) is 23.0. The Morgan fingerprint density at radius 1 is 1.08 bits per heavy atom. The van der Waals surface area contributed by atoms with Crippen LogP contribution in [0.4, 0.5) is 5.69 Å². The molecule has 132 valence electrons. The van der Waals surface area contributed by atoms with Gasteiger partial charge in [0.25, 0.3) is 0 Å². The number of hydrogen-bond acceptors (Lipinski definition) is 4. The highest BCUT2D eigenvalue weighted by Gasteiger charge is 2.33. The first kappa shape index (κ1) is 17.7. The second-order valence-electron chi connectivity index (χ2n) is 6.78. The monoisotopic (exact) mass is 370 g/mol. The fourth-order valence-electron chi connectivity index (χ4n) is 3.58. The summed E-state index contributed by atoms with van der Waals surface area (Å²) in [4.78, 5) is 16.3. The molecule has 0 spiro atoms. The first-order valence-corrected chi connectivity index (χ1v) is 10.9. The minimum absolute atomic E-state index is 0.0379. The van der Waals surface area contributed by atoms with Crippen molar-refractivity contribution < 1.29 is 13.2 Å². The molecule has 24 heavy (non-hydrogen) atoms. The highest BCUT2D eigenvalue weighted by molar-refractivity contribution is 8.13. The van der Waals surface area contributed by atoms with Crippen molar-refractivity contribution in [2.24, 2.45) is 5.92 Å². The Hall–Kier alpha value is -1.11. The number of benzene rings is 1. The lowest BCUT2D eigenvalue weighted by Crippen LogP contribution is -2.29. The molecular weight excluding hydrogens is 348 g/mol. The Morgan fingerprint density at radius 2 is 1.75 bits per heavy atom. The number of piperidine rings is 1. The van der Waals surface area contributed by atoms with Gasteiger partial charge in [-0.15, -0.1) is 0 Å². The van der Waals surface area contributed by atoms with Gasteiger partial charge in [0.15, 0.2) is 0 Å². The number of anilines is 1. The molecule has 2 fully saturated rings. The summed E-state index contributed by atoms with van der Waals surface area (Å²) < 4.78 is 22.4. The van der Waals surface area contributed by atoms with Gasteiger partial charge >= 0.3 is 0 Å². The van der Waals surface area contributed by atoms with E-state index in [0.717, 1.165) is 25.3 Å². The van der Waals surface area contributed by atoms with Crippen molar-refractivity contribution in [3.05, 3.63) is 29.8 Å². The molecule has 3 rings (SSSR count). The predicted octanol–water partition coefficient (Wildman–Crippen LogP) is 2.59. The van der Waals surface area contributed by atoms with Crippen molar-refractivity contribution in [3.8, 4) is 0 Å². The smallest absolute Gasteiger partial charge is 0.232 e. The average molecular weight is 371 g/mol. The van der Waals surface area contributed by atoms with Gasteiger partial charge in [0.1, 0.15) is 0 Å². The van der Waals surface area contributed by atoms with Gasteiger partial charge in [-0.25, -0.2) is 8.42 Å². The lowest BCUT2D eigenvalue weighted by Gasteiger charge is -2.26. The molecule has 1 unspecified atom stereocenters. The highest BCUT2D eigenvalue weighted by Crippen LogP contribution is 2.27. The van der Waals surface area contributed by atoms with Gasteiger partial charge in [0.2, 0.25) is 15.0 Å². The number of carbonyl (C=O) groups is 1. The fourth-order valence-corrected chi connectivity index (χ4v) is 4.90. The van der Waals surface area contributed by atoms with Crippen molar-refractivity contribution >= 4 is 31.3 Å². The van der Waals surface area contributed by atoms with E-state index < -0.39 is 9.05 Å². The molecule has 1 amide bonds. The van der Waals surface area contributed by atoms with E-state index in [9.17, 15) is 13.2 Å². The van der Waals surface area contributed by atoms with E-state index >= 15 is 0 Å². The van der Waals surface area contributed by atoms with Crippen molar-refractivity contribution in [2.45, 2.75) is 32.2 Å². The Bertz CT molecular complexity index is 684. The van der Waals surface area contributed by atoms with Gasteiger partial charge in [-0.3, -0.25) is 9.69 Å². The zero-order valence-electron chi connectivity index (χ0n) is 13.7. The number of amides is 1. The second-order valence-corrected chi connectivity index (χ2v) is 9.60. The standard InChI is InChI=1S/C17H23ClN2O3S/c18-24(22,23)13-15-10-17(21)20(12-15)16-6-4-14(5-7-16)11-19-8-2-1-3-9-19/h4-7,15H,1-3,8-13H2. The summed E-state index contributed by atoms with van der Waals surface area (Å²) in [6.45, 7) is 3.67. The first-order chi connectivity index (χ1) is 11.4. The summed E-state index contributed by atoms with van der Waals surface area (Å²) in [5.74, 6) is -0.416. The third-order valence-electron chi connectivity index (χ3n) is 4.74. The molecule has 7 heteroatoms. The molecule has 1 aromatic carbocycles. The molecule has 0 aromatic heterocycles. The van der Waals surface area contributed by atoms with Crippen LogP contribution in [-0.4, -0.2) is 44.6 Å². The molecular formula is C17H23ClN2O3S. The van der Waals surface area contributed by atoms with Crippen LogP contribution in [0.5, 0.6) is 0 Å². The van der Waals surface area contributed by atoms with Crippen molar-refractivity contribution in [1.82, 2.24) is 4.90 Å². The number of carbonyl (C=O) groups excluding carboxylic acids is 1. The largest absolute Gasteiger partial charge is 0.312 e. The average Bonchev–Trinajstić information content (AvgIpc) is 2.87. The number of rotatable bonds is 5. The Balaban J connectivity index is 1.61. The summed E-state index contributed by atoms with van der Waals surface area (Å²) in [6.07, 6.45) is 4.10. The number of likely N-dealkylation sites (tertiary alicyclic amines) is 1. The van der Waals surface area contributed by atoms with Gasteiger partial charge in [-0.05, 0) is 43.6 Å². The second kappa shape index (κ2) is 7.42. The highest BCUT2D eigenvalue weighted by atomic mass is 35.7. The van der Waals surface area contributed by atoms with E-state index in [1.807, 2.05) is 12.1 Å². The van der Waals surface area contributed by atoms with E-state index in [0.29, 0.717) is 6.54 Å². The maximum atomic E-state index is 12.2. The molecule has 0 aliphatic carbocycles. The summed E-state index contributed by atoms with van der Waals surface area (Å²) in [6, 6.07) is 8.02. The Kier molecular flexibility index (Phi) is 5.47. The molecule has 2 heterocycles. The minimum Gasteiger partial charge on any atom is -0.312 e. The number of halogens is 1. The summed E-state index contributed by atoms with van der Waals surface area (Å²) >= 11 is 0. The molecule has 2 aliphatic rings. The van der Waals surface area contributed by atoms with Crippen LogP contribution in [0.2, 0.25) is 0 Å². The molecule has 2 aliphatic heterocycles. The van der Waals surface area contributed by atoms with Crippen molar-refractivity contribution in [1.29, 1.82) is 0 Å². The maximum absolute atomic E-state index is 12.2. The van der Waals surface area contributed by atoms with Gasteiger partial charge < -0.3 is 4.90 Å². The lowest BCUT2D eigenvalue weighted by molar-refractivity contribution is -0.117. The molecule has 0 saturated carbocycles. The van der Waals surface area contributed by atoms with Crippen LogP contribution < -0.4 is 4.90 Å². The Labute approximate surface area is 148 Å². The molecule has 2 saturated heterocycles. The Morgan fingerprint density at radius 3 is 2.38 bits per heavy atom. The van der Waals surface area contributed by atoms with Crippen LogP contribution in [0.15, 0.2) is 24.3 Å². The zero-order chi connectivity index (χ0) is 17.2. The van der Waals surface area contributed by atoms with Crippen molar-refractivity contribution in [3.63, 3.8) is 0 Å². The van der Waals surface area contributed by atoms with Crippen LogP contribution in [0.25, 0.3) is 0 Å². The first-order valence-electron chi connectivity index (χ1n) is 8.45. The maximum Gasteiger partial charge on any atom is 0.232 e. The SMILES string of the molecule is O=C1CC(CS(=O)(=O)Cl)CN1c1ccc(CN2CCCCC2)cc1. The van der Waals surface area contributed by atoms with Crippen LogP contribution in [0.3, 0.4) is 0 Å². The van der Waals surface area contributed by atoms with E-state index in [-0.39, 0.29) is 24.0 Å². The fraction of sp³-hybridized carbons (Fsp3) is 0.588. The molecule has 0 N–H and O–H groups in total. The molecule has 0 radical (unpaired) electrons. The number of hydrogen-bond donors (Lipinski definition) is 0. The third kappa shape index (κ3) is 4.71. The van der Waals surface area contributed by atoms with Crippen LogP contribution >= 0.6 is 10.7 Å². The minimum atomic E-state index is -3.57. The molecule has 5 nitrogen and oxygen atoms in total. The van der Waals surface area contributed by atoms with Crippen LogP contribution in [0, 0.1) is 5.92 Å². The number of nitrogens with zero attached hydrogens (tertiary/aromatic N) is 2. The van der Waals surface area contributed by atoms with E-state index in [2.05, 4.69) is 17.0 Å². The summed E-state index contributed by atoms with van der Waals surface area (Å²) in [7, 11) is 1.73. The van der Waals surface area contributed by atoms with Crippen LogP contribution in [-0.2, 0) is 20.4 Å². The van der Waals surface area contributed by atoms with E-state index in [1.54, 1.807) is 4.90 Å². The summed E-state index contributed by atoms with van der Waals surface area (Å²) in [5, 5.41) is 0. The van der Waals surface area contributed by atoms with Gasteiger partial charge in [0, 0.05) is 41.8 Å². The molecule has 1 aromatic rings. The molecule has 1 atom stereocenters. The summed E-state index contributed by atoms with van der Waals surface area (Å²) in [5.41, 5.74) is 2.07. The van der Waals surface area contributed by atoms with Crippen LogP contribution in [0.1, 0.15) is 31.2 Å². The van der Waals surface area contributed by atoms with E-state index in [4.69, 9.17) is 10.7 Å². The van der Waals surface area contributed by atoms with Crippen molar-refractivity contribution in [2.75, 3.05) is 30.3 Å². The lowest BCUT2D eigenvalue weighted by atomic mass is 10.1. The van der Waals surface area contributed by atoms with E-state index in [1.165, 1.54) is 24.8 Å². The van der Waals surface area contributed by atoms with Gasteiger partial charge in [-0.1, -0.05) is 18.6 Å². The van der Waals surface area contributed by atoms with Gasteiger partial charge in [-0.2, -0.15) is 0 Å². The quantitative estimate of drug-likeness (QED) is 0.747. The third-order valence-corrected chi connectivity index (χ3v) is 5.99. The predicted molar refractivity (Wildman–Crippen MR) is 95.7 cm³/mol. The zero-order valence-corrected chi connectivity index (χ0v) is 15.2.